The van der Waals surface area contributed by atoms with Gasteiger partial charge in [0.25, 0.3) is 0 Å². The van der Waals surface area contributed by atoms with E-state index in [-0.39, 0.29) is 18.9 Å². The minimum Gasteiger partial charge on any atom is -0.391 e. The van der Waals surface area contributed by atoms with E-state index in [0.717, 1.165) is 0 Å². The summed E-state index contributed by atoms with van der Waals surface area (Å²) in [4.78, 5) is 24.8. The van der Waals surface area contributed by atoms with Gasteiger partial charge in [-0.3, -0.25) is 4.84 Å². The second-order valence-electron chi connectivity index (χ2n) is 2.33. The highest BCUT2D eigenvalue weighted by atomic mass is 16.9. The van der Waals surface area contributed by atoms with Crippen molar-refractivity contribution in [3.05, 3.63) is 25.3 Å². The SMILES string of the molecule is C=CCON=C(C)C(=O)ONOCC=C. The van der Waals surface area contributed by atoms with E-state index in [0.29, 0.717) is 0 Å². The molecule has 0 aliphatic carbocycles. The zero-order valence-electron chi connectivity index (χ0n) is 8.56. The van der Waals surface area contributed by atoms with E-state index < -0.39 is 5.97 Å². The summed E-state index contributed by atoms with van der Waals surface area (Å²) in [7, 11) is 0. The van der Waals surface area contributed by atoms with Crippen LogP contribution in [0.25, 0.3) is 0 Å². The first-order valence-electron chi connectivity index (χ1n) is 4.18. The molecule has 0 heterocycles. The molecule has 0 amide bonds. The van der Waals surface area contributed by atoms with Crippen LogP contribution < -0.4 is 5.64 Å². The Morgan fingerprint density at radius 2 is 2.07 bits per heavy atom. The number of rotatable bonds is 8. The average molecular weight is 214 g/mol. The van der Waals surface area contributed by atoms with Gasteiger partial charge in [0, 0.05) is 0 Å². The Morgan fingerprint density at radius 1 is 1.40 bits per heavy atom. The van der Waals surface area contributed by atoms with E-state index in [1.165, 1.54) is 19.1 Å². The summed E-state index contributed by atoms with van der Waals surface area (Å²) in [6.45, 7) is 8.71. The number of hydrogen-bond donors (Lipinski definition) is 1. The number of carbonyl (C=O) groups excluding carboxylic acids is 1. The van der Waals surface area contributed by atoms with Gasteiger partial charge in [-0.15, -0.1) is 6.58 Å². The predicted octanol–water partition coefficient (Wildman–Crippen LogP) is 0.730. The van der Waals surface area contributed by atoms with Crippen molar-refractivity contribution in [3.63, 3.8) is 0 Å². The van der Waals surface area contributed by atoms with Gasteiger partial charge in [-0.05, 0) is 12.6 Å². The topological polar surface area (TPSA) is 69.2 Å². The molecule has 0 aromatic rings. The van der Waals surface area contributed by atoms with Gasteiger partial charge < -0.3 is 9.68 Å². The molecule has 0 radical (unpaired) electrons. The summed E-state index contributed by atoms with van der Waals surface area (Å²) < 4.78 is 0. The van der Waals surface area contributed by atoms with E-state index in [4.69, 9.17) is 0 Å². The summed E-state index contributed by atoms with van der Waals surface area (Å²) >= 11 is 0. The standard InChI is InChI=1S/C9H14N2O4/c1-4-6-13-10-8(3)9(12)15-11-14-7-5-2/h4-5,11H,1-2,6-7H2,3H3. The average Bonchev–Trinajstić information content (AvgIpc) is 2.24. The lowest BCUT2D eigenvalue weighted by Crippen LogP contribution is -2.25. The van der Waals surface area contributed by atoms with Gasteiger partial charge in [0.15, 0.2) is 5.71 Å². The molecule has 0 rings (SSSR count). The molecule has 15 heavy (non-hydrogen) atoms. The molecule has 0 aliphatic rings. The van der Waals surface area contributed by atoms with Crippen molar-refractivity contribution in [1.29, 1.82) is 0 Å². The molecule has 84 valence electrons. The first-order chi connectivity index (χ1) is 7.22. The largest absolute Gasteiger partial charge is 0.391 e. The van der Waals surface area contributed by atoms with Crippen molar-refractivity contribution in [3.8, 4) is 0 Å². The summed E-state index contributed by atoms with van der Waals surface area (Å²) in [5, 5.41) is 3.47. The van der Waals surface area contributed by atoms with E-state index in [1.54, 1.807) is 0 Å². The van der Waals surface area contributed by atoms with Crippen molar-refractivity contribution in [2.75, 3.05) is 13.2 Å². The van der Waals surface area contributed by atoms with Gasteiger partial charge in [0.05, 0.1) is 6.61 Å². The Labute approximate surface area is 88.1 Å². The van der Waals surface area contributed by atoms with Crippen LogP contribution in [0, 0.1) is 0 Å². The molecule has 1 N–H and O–H groups in total. The maximum absolute atomic E-state index is 11.1. The highest BCUT2D eigenvalue weighted by molar-refractivity contribution is 6.35. The Hall–Kier alpha value is -1.66. The van der Waals surface area contributed by atoms with Crippen LogP contribution in [-0.4, -0.2) is 24.9 Å². The smallest absolute Gasteiger partial charge is 0.376 e. The molecule has 0 fully saturated rings. The third-order valence-corrected chi connectivity index (χ3v) is 1.08. The maximum atomic E-state index is 11.1. The lowest BCUT2D eigenvalue weighted by Gasteiger charge is -2.03. The molecule has 0 saturated heterocycles. The van der Waals surface area contributed by atoms with Gasteiger partial charge in [-0.2, -0.15) is 0 Å². The maximum Gasteiger partial charge on any atom is 0.376 e. The molecule has 0 spiro atoms. The molecular weight excluding hydrogens is 200 g/mol. The van der Waals surface area contributed by atoms with E-state index in [1.807, 2.05) is 5.64 Å². The van der Waals surface area contributed by atoms with Gasteiger partial charge in [0.1, 0.15) is 6.61 Å². The highest BCUT2D eigenvalue weighted by Gasteiger charge is 2.08. The normalized spacial score (nSPS) is 10.6. The first kappa shape index (κ1) is 13.3. The molecule has 0 unspecified atom stereocenters. The van der Waals surface area contributed by atoms with Gasteiger partial charge in [-0.25, -0.2) is 4.79 Å². The monoisotopic (exact) mass is 214 g/mol. The number of nitrogens with zero attached hydrogens (tertiary/aromatic N) is 1. The zero-order valence-corrected chi connectivity index (χ0v) is 8.56. The van der Waals surface area contributed by atoms with Crippen molar-refractivity contribution in [2.45, 2.75) is 6.92 Å². The molecule has 6 nitrogen and oxygen atoms in total. The third kappa shape index (κ3) is 7.41. The number of oxime groups is 1. The summed E-state index contributed by atoms with van der Waals surface area (Å²) in [5.41, 5.74) is 2.04. The molecule has 0 bridgehead atoms. The number of nitrogens with one attached hydrogen (secondary N) is 1. The lowest BCUT2D eigenvalue weighted by molar-refractivity contribution is -0.180. The van der Waals surface area contributed by atoms with Crippen molar-refractivity contribution in [1.82, 2.24) is 5.64 Å². The Kier molecular flexibility index (Phi) is 7.93. The molecule has 0 saturated carbocycles. The first-order valence-corrected chi connectivity index (χ1v) is 4.18. The molecule has 0 aromatic heterocycles. The number of hydrogen-bond acceptors (Lipinski definition) is 6. The summed E-state index contributed by atoms with van der Waals surface area (Å²) in [5.74, 6) is -0.692. The molecule has 6 heteroatoms. The Morgan fingerprint density at radius 3 is 2.67 bits per heavy atom. The molecule has 0 aliphatic heterocycles. The second kappa shape index (κ2) is 8.92. The Bertz CT molecular complexity index is 250. The minimum atomic E-state index is -0.692. The van der Waals surface area contributed by atoms with E-state index in [2.05, 4.69) is 32.8 Å². The van der Waals surface area contributed by atoms with Crippen LogP contribution in [0.5, 0.6) is 0 Å². The van der Waals surface area contributed by atoms with Crippen LogP contribution in [0.2, 0.25) is 0 Å². The van der Waals surface area contributed by atoms with Crippen molar-refractivity contribution >= 4 is 11.7 Å². The van der Waals surface area contributed by atoms with Crippen molar-refractivity contribution < 1.29 is 19.3 Å². The minimum absolute atomic E-state index is 0.0616. The lowest BCUT2D eigenvalue weighted by atomic mass is 10.4. The van der Waals surface area contributed by atoms with Gasteiger partial charge in [0.2, 0.25) is 0 Å². The zero-order chi connectivity index (χ0) is 11.5. The van der Waals surface area contributed by atoms with Crippen molar-refractivity contribution in [2.24, 2.45) is 5.16 Å². The predicted molar refractivity (Wildman–Crippen MR) is 54.6 cm³/mol. The Balaban J connectivity index is 3.72. The fraction of sp³-hybridized carbons (Fsp3) is 0.333. The second-order valence-corrected chi connectivity index (χ2v) is 2.33. The fourth-order valence-electron chi connectivity index (χ4n) is 0.458. The highest BCUT2D eigenvalue weighted by Crippen LogP contribution is 1.85. The van der Waals surface area contributed by atoms with Crippen LogP contribution >= 0.6 is 0 Å². The third-order valence-electron chi connectivity index (χ3n) is 1.08. The van der Waals surface area contributed by atoms with Crippen LogP contribution in [0.4, 0.5) is 0 Å². The summed E-state index contributed by atoms with van der Waals surface area (Å²) in [6.07, 6.45) is 3.00. The van der Waals surface area contributed by atoms with Crippen LogP contribution in [0.1, 0.15) is 6.92 Å². The summed E-state index contributed by atoms with van der Waals surface area (Å²) in [6, 6.07) is 0. The van der Waals surface area contributed by atoms with Gasteiger partial charge in [-0.1, -0.05) is 23.9 Å². The molecular formula is C9H14N2O4. The van der Waals surface area contributed by atoms with Gasteiger partial charge >= 0.3 is 5.97 Å². The molecule has 0 atom stereocenters. The van der Waals surface area contributed by atoms with E-state index in [9.17, 15) is 4.79 Å². The fourth-order valence-corrected chi connectivity index (χ4v) is 0.458. The molecule has 0 aromatic carbocycles. The van der Waals surface area contributed by atoms with Crippen LogP contribution in [-0.2, 0) is 19.3 Å². The van der Waals surface area contributed by atoms with Crippen LogP contribution in [0.15, 0.2) is 30.5 Å². The van der Waals surface area contributed by atoms with Crippen LogP contribution in [0.3, 0.4) is 0 Å². The quantitative estimate of drug-likeness (QED) is 0.279. The van der Waals surface area contributed by atoms with E-state index >= 15 is 0 Å². The number of carbonyl (C=O) groups is 1.